The lowest BCUT2D eigenvalue weighted by atomic mass is 9.70. The van der Waals surface area contributed by atoms with Gasteiger partial charge in [-0.05, 0) is 78.7 Å². The molecule has 5 heterocycles. The Balaban J connectivity index is 1.33. The topological polar surface area (TPSA) is 194 Å². The first kappa shape index (κ1) is 47.4. The second-order valence-electron chi connectivity index (χ2n) is 18.4. The summed E-state index contributed by atoms with van der Waals surface area (Å²) >= 11 is 0. The van der Waals surface area contributed by atoms with Gasteiger partial charge in [-0.3, -0.25) is 24.2 Å². The Labute approximate surface area is 364 Å². The smallest absolute Gasteiger partial charge is 0.311 e. The number of amides is 1. The molecule has 62 heavy (non-hydrogen) atoms. The number of Topliss-reactive ketones (excluding diaryl/α,β-unsaturated/α-hetero) is 1. The summed E-state index contributed by atoms with van der Waals surface area (Å²) in [7, 11) is 3.78. The molecule has 16 nitrogen and oxygen atoms in total. The van der Waals surface area contributed by atoms with Gasteiger partial charge in [0.15, 0.2) is 12.9 Å². The van der Waals surface area contributed by atoms with Gasteiger partial charge in [0.05, 0.1) is 55.0 Å². The minimum Gasteiger partial charge on any atom is -0.458 e. The number of hydrogen-bond donors (Lipinski definition) is 2. The maximum atomic E-state index is 14.6. The fraction of sp³-hybridized carbons (Fsp3) is 0.696. The van der Waals surface area contributed by atoms with Gasteiger partial charge < -0.3 is 48.6 Å². The van der Waals surface area contributed by atoms with Gasteiger partial charge in [0.2, 0.25) is 0 Å². The van der Waals surface area contributed by atoms with Crippen LogP contribution in [0.25, 0.3) is 10.9 Å². The molecule has 0 saturated carbocycles. The van der Waals surface area contributed by atoms with Crippen LogP contribution in [0.3, 0.4) is 0 Å². The quantitative estimate of drug-likeness (QED) is 0.267. The van der Waals surface area contributed by atoms with Crippen LogP contribution in [0.15, 0.2) is 41.7 Å². The highest BCUT2D eigenvalue weighted by Gasteiger charge is 2.57. The van der Waals surface area contributed by atoms with Crippen molar-refractivity contribution in [3.8, 4) is 0 Å². The molecule has 0 radical (unpaired) electrons. The Bertz CT molecular complexity index is 1960. The number of likely N-dealkylation sites (N-methyl/N-ethyl adjacent to an activating group) is 1. The van der Waals surface area contributed by atoms with E-state index in [2.05, 4.69) is 15.5 Å². The number of benzene rings is 1. The van der Waals surface area contributed by atoms with E-state index < -0.39 is 96.0 Å². The van der Waals surface area contributed by atoms with E-state index in [0.29, 0.717) is 12.8 Å². The van der Waals surface area contributed by atoms with Gasteiger partial charge in [-0.1, -0.05) is 51.0 Å². The molecular weight excluding hydrogens is 801 g/mol. The molecule has 14 atom stereocenters. The molecule has 0 aliphatic carbocycles. The van der Waals surface area contributed by atoms with Crippen molar-refractivity contribution < 1.29 is 57.5 Å². The van der Waals surface area contributed by atoms with E-state index in [1.165, 1.54) is 0 Å². The zero-order valence-electron chi connectivity index (χ0n) is 37.8. The summed E-state index contributed by atoms with van der Waals surface area (Å²) in [5.41, 5.74) is -0.537. The Morgan fingerprint density at radius 3 is 2.52 bits per heavy atom. The molecule has 0 unspecified atom stereocenters. The van der Waals surface area contributed by atoms with E-state index in [0.717, 1.165) is 16.5 Å². The number of carbonyl (C=O) groups excluding carboxylic acids is 4. The van der Waals surface area contributed by atoms with Crippen molar-refractivity contribution in [2.24, 2.45) is 34.7 Å². The normalized spacial score (nSPS) is 38.1. The molecular formula is C46H66N4O12. The fourth-order valence-electron chi connectivity index (χ4n) is 10.1. The Hall–Kier alpha value is -4.06. The number of cyclic esters (lactones) is 1. The van der Waals surface area contributed by atoms with Crippen molar-refractivity contribution in [1.82, 2.24) is 15.2 Å². The highest BCUT2D eigenvalue weighted by molar-refractivity contribution is 5.87. The van der Waals surface area contributed by atoms with Gasteiger partial charge in [-0.25, -0.2) is 0 Å². The van der Waals surface area contributed by atoms with Gasteiger partial charge in [0, 0.05) is 47.8 Å². The number of para-hydroxylation sites is 1. The van der Waals surface area contributed by atoms with E-state index >= 15 is 0 Å². The summed E-state index contributed by atoms with van der Waals surface area (Å²) in [5.74, 6) is -4.95. The second kappa shape index (κ2) is 19.8. The van der Waals surface area contributed by atoms with Crippen molar-refractivity contribution in [2.45, 2.75) is 142 Å². The first-order chi connectivity index (χ1) is 29.4. The Morgan fingerprint density at radius 2 is 1.79 bits per heavy atom. The van der Waals surface area contributed by atoms with E-state index in [-0.39, 0.29) is 56.2 Å². The number of esters is 2. The molecule has 342 valence electrons. The number of nitrogens with one attached hydrogen (secondary N) is 1. The summed E-state index contributed by atoms with van der Waals surface area (Å²) in [6, 6.07) is 9.24. The number of aromatic nitrogens is 1. The number of oxime groups is 1. The van der Waals surface area contributed by atoms with Gasteiger partial charge >= 0.3 is 11.9 Å². The average molecular weight is 867 g/mol. The number of ketones is 1. The molecule has 2 aromatic rings. The van der Waals surface area contributed by atoms with E-state index in [1.807, 2.05) is 83.9 Å². The van der Waals surface area contributed by atoms with Crippen LogP contribution in [0.4, 0.5) is 0 Å². The molecule has 1 amide bonds. The fourth-order valence-corrected chi connectivity index (χ4v) is 10.1. The van der Waals surface area contributed by atoms with E-state index in [4.69, 9.17) is 33.3 Å². The molecule has 4 saturated heterocycles. The summed E-state index contributed by atoms with van der Waals surface area (Å²) in [6.45, 7) is 14.1. The number of nitrogens with zero attached hydrogens (tertiary/aromatic N) is 3. The molecule has 4 aliphatic rings. The first-order valence-electron chi connectivity index (χ1n) is 22.0. The maximum Gasteiger partial charge on any atom is 0.311 e. The summed E-state index contributed by atoms with van der Waals surface area (Å²) in [4.78, 5) is 66.8. The minimum absolute atomic E-state index is 0.00261. The first-order valence-corrected chi connectivity index (χ1v) is 22.0. The van der Waals surface area contributed by atoms with Crippen LogP contribution in [0, 0.1) is 29.6 Å². The molecule has 6 rings (SSSR count). The molecule has 4 fully saturated rings. The van der Waals surface area contributed by atoms with Crippen LogP contribution < -0.4 is 5.32 Å². The third-order valence-corrected chi connectivity index (χ3v) is 13.6. The van der Waals surface area contributed by atoms with Gasteiger partial charge in [0.1, 0.15) is 29.3 Å². The minimum atomic E-state index is -1.30. The van der Waals surface area contributed by atoms with Crippen LogP contribution in [0.1, 0.15) is 86.6 Å². The van der Waals surface area contributed by atoms with E-state index in [9.17, 15) is 24.3 Å². The highest BCUT2D eigenvalue weighted by atomic mass is 16.7. The summed E-state index contributed by atoms with van der Waals surface area (Å²) in [6.07, 6.45) is -2.34. The molecule has 4 aliphatic heterocycles. The molecule has 0 spiro atoms. The third-order valence-electron chi connectivity index (χ3n) is 13.6. The largest absolute Gasteiger partial charge is 0.458 e. The Morgan fingerprint density at radius 1 is 1.05 bits per heavy atom. The monoisotopic (exact) mass is 866 g/mol. The number of aliphatic hydroxyl groups excluding tert-OH is 1. The number of hydrogen-bond acceptors (Lipinski definition) is 15. The number of ether oxygens (including phenoxy) is 6. The summed E-state index contributed by atoms with van der Waals surface area (Å²) in [5, 5.41) is 19.8. The van der Waals surface area contributed by atoms with E-state index in [1.54, 1.807) is 27.0 Å². The van der Waals surface area contributed by atoms with Gasteiger partial charge in [-0.15, -0.1) is 0 Å². The SMILES string of the molecule is CC[C@H]1OC(=O)[C@H](C)[C@H]2OC/C(=N/OCC(=O)NCc3ccnc4ccccc34)CO[C@](C)(C[C@@H](C)C(=O)[C@H](C)[C@@H]3CC(=O)O[C@]13C)[C@H](O[C@@H]1O[C@H](C)C[C@H](N(C)C)[C@H]1O)[C@H]2C. The molecule has 2 bridgehead atoms. The number of rotatable bonds is 9. The lowest BCUT2D eigenvalue weighted by molar-refractivity contribution is -0.302. The lowest BCUT2D eigenvalue weighted by Crippen LogP contribution is -2.60. The maximum absolute atomic E-state index is 14.6. The van der Waals surface area contributed by atoms with Crippen LogP contribution in [-0.2, 0) is 59.0 Å². The van der Waals surface area contributed by atoms with Crippen LogP contribution >= 0.6 is 0 Å². The highest BCUT2D eigenvalue weighted by Crippen LogP contribution is 2.46. The standard InChI is InChI=1S/C46H66N4O12/c1-11-36-46(8)33(19-38(52)62-46)27(4)39(53)25(2)20-45(7)42(61-44-40(54)35(50(9)10)18-26(3)59-44)28(5)41(29(6)43(55)60-36)56-22-31(23-57-45)49-58-24-37(51)48-21-30-16-17-47-34-15-13-12-14-32(30)34/h12-17,25-29,33,35-36,40-42,44,54H,11,18-24H2,1-10H3,(H,48,51)/b49-31-/t25-,26-,27-,28+,29-,33+,35+,36-,40-,41+,42-,44+,45-,46+/m1/s1. The zero-order valence-corrected chi connectivity index (χ0v) is 37.8. The van der Waals surface area contributed by atoms with Crippen LogP contribution in [-0.4, -0.2) is 132 Å². The predicted molar refractivity (Wildman–Crippen MR) is 227 cm³/mol. The van der Waals surface area contributed by atoms with Crippen LogP contribution in [0.2, 0.25) is 0 Å². The molecule has 16 heteroatoms. The average Bonchev–Trinajstić information content (AvgIpc) is 3.57. The van der Waals surface area contributed by atoms with Crippen molar-refractivity contribution in [3.05, 3.63) is 42.1 Å². The lowest BCUT2D eigenvalue weighted by Gasteiger charge is -2.48. The van der Waals surface area contributed by atoms with Crippen molar-refractivity contribution in [1.29, 1.82) is 0 Å². The Kier molecular flexibility index (Phi) is 15.1. The zero-order chi connectivity index (χ0) is 45.1. The van der Waals surface area contributed by atoms with Gasteiger partial charge in [-0.2, -0.15) is 0 Å². The number of pyridine rings is 1. The summed E-state index contributed by atoms with van der Waals surface area (Å²) < 4.78 is 38.8. The van der Waals surface area contributed by atoms with Crippen molar-refractivity contribution in [3.63, 3.8) is 0 Å². The van der Waals surface area contributed by atoms with Crippen LogP contribution in [0.5, 0.6) is 0 Å². The van der Waals surface area contributed by atoms with Gasteiger partial charge in [0.25, 0.3) is 5.91 Å². The molecule has 1 aromatic heterocycles. The second-order valence-corrected chi connectivity index (χ2v) is 18.4. The number of carbonyl (C=O) groups is 4. The number of fused-ring (bicyclic) bond motifs is 5. The number of aliphatic hydroxyl groups is 1. The van der Waals surface area contributed by atoms with Crippen molar-refractivity contribution in [2.75, 3.05) is 33.9 Å². The third kappa shape index (κ3) is 10.2. The molecule has 1 aromatic carbocycles. The van der Waals surface area contributed by atoms with Crippen molar-refractivity contribution >= 4 is 40.2 Å². The molecule has 2 N–H and O–H groups in total. The predicted octanol–water partition coefficient (Wildman–Crippen LogP) is 4.37.